The molecule has 2 aromatic rings. The first kappa shape index (κ1) is 18.6. The van der Waals surface area contributed by atoms with E-state index in [1.807, 2.05) is 19.9 Å². The van der Waals surface area contributed by atoms with E-state index < -0.39 is 0 Å². The number of ether oxygens (including phenoxy) is 2. The Hall–Kier alpha value is -1.70. The fourth-order valence-corrected chi connectivity index (χ4v) is 2.21. The highest BCUT2D eigenvalue weighted by atomic mass is 16.7. The van der Waals surface area contributed by atoms with Crippen LogP contribution in [0, 0.1) is 0 Å². The van der Waals surface area contributed by atoms with Crippen LogP contribution in [0.5, 0.6) is 0 Å². The molecule has 7 heteroatoms. The first-order chi connectivity index (χ1) is 11.7. The van der Waals surface area contributed by atoms with E-state index in [2.05, 4.69) is 10.3 Å². The maximum Gasteiger partial charge on any atom is 0.162 e. The van der Waals surface area contributed by atoms with Gasteiger partial charge in [0.25, 0.3) is 0 Å². The van der Waals surface area contributed by atoms with Crippen molar-refractivity contribution in [3.8, 4) is 0 Å². The zero-order valence-electron chi connectivity index (χ0n) is 14.4. The van der Waals surface area contributed by atoms with Crippen molar-refractivity contribution in [3.05, 3.63) is 35.0 Å². The number of hydrogen-bond donors (Lipinski definition) is 1. The fourth-order valence-electron chi connectivity index (χ4n) is 2.21. The summed E-state index contributed by atoms with van der Waals surface area (Å²) in [7, 11) is 0. The largest absolute Gasteiger partial charge is 0.388 e. The maximum absolute atomic E-state index is 8.51. The van der Waals surface area contributed by atoms with Gasteiger partial charge in [-0.05, 0) is 32.1 Å². The third kappa shape index (κ3) is 6.07. The number of rotatable bonds is 6. The van der Waals surface area contributed by atoms with Crippen LogP contribution < -0.4 is 0 Å². The highest BCUT2D eigenvalue weighted by Crippen LogP contribution is 2.16. The van der Waals surface area contributed by atoms with Crippen LogP contribution in [0.3, 0.4) is 0 Å². The van der Waals surface area contributed by atoms with E-state index in [-0.39, 0.29) is 12.9 Å². The monoisotopic (exact) mass is 338 g/mol. The van der Waals surface area contributed by atoms with Gasteiger partial charge >= 0.3 is 0 Å². The van der Waals surface area contributed by atoms with Gasteiger partial charge in [-0.2, -0.15) is 0 Å². The number of nitrogens with zero attached hydrogens (tertiary/aromatic N) is 2. The molecule has 7 nitrogen and oxygen atoms in total. The summed E-state index contributed by atoms with van der Waals surface area (Å²) in [6, 6.07) is 3.68. The second-order valence-corrected chi connectivity index (χ2v) is 5.54. The molecule has 1 saturated heterocycles. The van der Waals surface area contributed by atoms with Crippen molar-refractivity contribution in [2.24, 2.45) is 0 Å². The Balaban J connectivity index is 0.000000198. The maximum atomic E-state index is 8.51. The van der Waals surface area contributed by atoms with Crippen LogP contribution in [-0.2, 0) is 35.5 Å². The highest BCUT2D eigenvalue weighted by Gasteiger charge is 2.15. The Bertz CT molecular complexity index is 557. The SMILES string of the molecule is CCc1cc(CO)on1.CCc1cc(COC2CCCCO2)on1. The van der Waals surface area contributed by atoms with Crippen LogP contribution >= 0.6 is 0 Å². The molecule has 24 heavy (non-hydrogen) atoms. The Labute approximate surface area is 141 Å². The Morgan fingerprint density at radius 2 is 1.75 bits per heavy atom. The lowest BCUT2D eigenvalue weighted by Gasteiger charge is -2.21. The summed E-state index contributed by atoms with van der Waals surface area (Å²) in [5, 5.41) is 16.1. The quantitative estimate of drug-likeness (QED) is 0.865. The van der Waals surface area contributed by atoms with Crippen molar-refractivity contribution in [3.63, 3.8) is 0 Å². The average molecular weight is 338 g/mol. The van der Waals surface area contributed by atoms with Crippen molar-refractivity contribution in [1.29, 1.82) is 0 Å². The summed E-state index contributed by atoms with van der Waals surface area (Å²) in [5.74, 6) is 1.31. The van der Waals surface area contributed by atoms with Gasteiger partial charge in [-0.15, -0.1) is 0 Å². The van der Waals surface area contributed by atoms with Crippen molar-refractivity contribution in [2.45, 2.75) is 65.5 Å². The van der Waals surface area contributed by atoms with Crippen LogP contribution in [0.1, 0.15) is 56.0 Å². The molecule has 0 saturated carbocycles. The van der Waals surface area contributed by atoms with E-state index in [0.29, 0.717) is 12.4 Å². The molecule has 1 atom stereocenters. The molecular weight excluding hydrogens is 312 g/mol. The van der Waals surface area contributed by atoms with Gasteiger partial charge < -0.3 is 23.6 Å². The summed E-state index contributed by atoms with van der Waals surface area (Å²) in [6.45, 7) is 5.23. The number of aromatic nitrogens is 2. The average Bonchev–Trinajstić information content (AvgIpc) is 3.30. The van der Waals surface area contributed by atoms with Gasteiger partial charge in [0.2, 0.25) is 0 Å². The van der Waals surface area contributed by atoms with Crippen LogP contribution in [0.2, 0.25) is 0 Å². The van der Waals surface area contributed by atoms with Crippen molar-refractivity contribution < 1.29 is 23.6 Å². The lowest BCUT2D eigenvalue weighted by atomic mass is 10.2. The van der Waals surface area contributed by atoms with Crippen LogP contribution in [-0.4, -0.2) is 28.3 Å². The summed E-state index contributed by atoms with van der Waals surface area (Å²) in [5.41, 5.74) is 1.86. The predicted octanol–water partition coefficient (Wildman–Crippen LogP) is 3.01. The van der Waals surface area contributed by atoms with Crippen LogP contribution in [0.4, 0.5) is 0 Å². The van der Waals surface area contributed by atoms with E-state index in [1.165, 1.54) is 6.42 Å². The molecule has 3 rings (SSSR count). The molecule has 1 aliphatic heterocycles. The molecule has 0 spiro atoms. The van der Waals surface area contributed by atoms with Crippen LogP contribution in [0.15, 0.2) is 21.2 Å². The van der Waals surface area contributed by atoms with Crippen molar-refractivity contribution >= 4 is 0 Å². The van der Waals surface area contributed by atoms with Crippen LogP contribution in [0.25, 0.3) is 0 Å². The molecule has 0 aliphatic carbocycles. The molecule has 3 heterocycles. The summed E-state index contributed by atoms with van der Waals surface area (Å²) in [6.07, 6.45) is 4.99. The molecule has 0 radical (unpaired) electrons. The lowest BCUT2D eigenvalue weighted by molar-refractivity contribution is -0.171. The third-order valence-corrected chi connectivity index (χ3v) is 3.65. The standard InChI is InChI=1S/C11H17NO3.C6H9NO2/c1-2-9-7-10(15-12-9)8-14-11-5-3-4-6-13-11;1-2-5-3-6(4-8)9-7-5/h7,11H,2-6,8H2,1H3;3,8H,2,4H2,1H3. The van der Waals surface area contributed by atoms with Gasteiger partial charge in [-0.1, -0.05) is 24.2 Å². The molecule has 2 aromatic heterocycles. The van der Waals surface area contributed by atoms with E-state index >= 15 is 0 Å². The lowest BCUT2D eigenvalue weighted by Crippen LogP contribution is -2.21. The van der Waals surface area contributed by atoms with Crippen molar-refractivity contribution in [2.75, 3.05) is 6.61 Å². The second kappa shape index (κ2) is 10.2. The minimum Gasteiger partial charge on any atom is -0.388 e. The topological polar surface area (TPSA) is 90.8 Å². The zero-order valence-corrected chi connectivity index (χ0v) is 14.4. The Kier molecular flexibility index (Phi) is 7.94. The predicted molar refractivity (Wildman–Crippen MR) is 86.1 cm³/mol. The molecule has 0 aromatic carbocycles. The molecule has 0 amide bonds. The molecule has 1 unspecified atom stereocenters. The molecule has 0 bridgehead atoms. The first-order valence-corrected chi connectivity index (χ1v) is 8.48. The normalized spacial score (nSPS) is 17.4. The fraction of sp³-hybridized carbons (Fsp3) is 0.647. The van der Waals surface area contributed by atoms with Gasteiger partial charge in [0.15, 0.2) is 17.8 Å². The van der Waals surface area contributed by atoms with E-state index in [9.17, 15) is 0 Å². The molecule has 134 valence electrons. The molecule has 1 fully saturated rings. The molecular formula is C17H26N2O5. The van der Waals surface area contributed by atoms with Gasteiger partial charge in [0.1, 0.15) is 13.2 Å². The number of aliphatic hydroxyl groups is 1. The highest BCUT2D eigenvalue weighted by molar-refractivity contribution is 5.04. The summed E-state index contributed by atoms with van der Waals surface area (Å²) in [4.78, 5) is 0. The van der Waals surface area contributed by atoms with Gasteiger partial charge in [0.05, 0.1) is 11.4 Å². The van der Waals surface area contributed by atoms with Gasteiger partial charge in [-0.25, -0.2) is 0 Å². The minimum absolute atomic E-state index is 0.0612. The molecule has 1 aliphatic rings. The van der Waals surface area contributed by atoms with Crippen molar-refractivity contribution in [1.82, 2.24) is 10.3 Å². The smallest absolute Gasteiger partial charge is 0.162 e. The summed E-state index contributed by atoms with van der Waals surface area (Å²) >= 11 is 0. The number of hydrogen-bond acceptors (Lipinski definition) is 7. The zero-order chi connectivity index (χ0) is 17.2. The Morgan fingerprint density at radius 3 is 2.25 bits per heavy atom. The number of aryl methyl sites for hydroxylation is 2. The minimum atomic E-state index is -0.0625. The van der Waals surface area contributed by atoms with E-state index in [0.717, 1.165) is 49.4 Å². The van der Waals surface area contributed by atoms with E-state index in [4.69, 9.17) is 23.6 Å². The van der Waals surface area contributed by atoms with Gasteiger partial charge in [-0.3, -0.25) is 0 Å². The number of aliphatic hydroxyl groups excluding tert-OH is 1. The first-order valence-electron chi connectivity index (χ1n) is 8.48. The molecule has 1 N–H and O–H groups in total. The Morgan fingerprint density at radius 1 is 1.08 bits per heavy atom. The summed E-state index contributed by atoms with van der Waals surface area (Å²) < 4.78 is 20.8. The third-order valence-electron chi connectivity index (χ3n) is 3.65. The van der Waals surface area contributed by atoms with Gasteiger partial charge in [0, 0.05) is 18.7 Å². The second-order valence-electron chi connectivity index (χ2n) is 5.54. The van der Waals surface area contributed by atoms with E-state index in [1.54, 1.807) is 6.07 Å².